The van der Waals surface area contributed by atoms with Gasteiger partial charge in [0.25, 0.3) is 10.0 Å². The van der Waals surface area contributed by atoms with Crippen molar-refractivity contribution in [1.29, 1.82) is 0 Å². The molecule has 6 nitrogen and oxygen atoms in total. The Hall–Kier alpha value is -1.52. The number of hydrogen-bond acceptors (Lipinski definition) is 5. The molecular weight excluding hydrogens is 411 g/mol. The molecule has 0 unspecified atom stereocenters. The second-order valence-corrected chi connectivity index (χ2v) is 9.47. The van der Waals surface area contributed by atoms with Crippen LogP contribution in [0.15, 0.2) is 40.9 Å². The monoisotopic (exact) mass is 428 g/mol. The first kappa shape index (κ1) is 18.8. The number of fused-ring (bicyclic) bond motifs is 1. The number of hydrogen-bond donors (Lipinski definition) is 0. The SMILES string of the molecule is O=S(=O)(c1c(Cl)nc2sccn12)N1CCN(CCc2ccc(F)cc2)CC1. The van der Waals surface area contributed by atoms with E-state index in [9.17, 15) is 12.8 Å². The van der Waals surface area contributed by atoms with Crippen LogP contribution in [-0.4, -0.2) is 59.7 Å². The lowest BCUT2D eigenvalue weighted by atomic mass is 10.1. The molecule has 1 aromatic carbocycles. The molecule has 2 aromatic heterocycles. The summed E-state index contributed by atoms with van der Waals surface area (Å²) in [5, 5.41) is 1.84. The first-order chi connectivity index (χ1) is 12.9. The molecule has 0 radical (unpaired) electrons. The molecule has 0 saturated carbocycles. The lowest BCUT2D eigenvalue weighted by Gasteiger charge is -2.33. The number of nitrogens with zero attached hydrogens (tertiary/aromatic N) is 4. The van der Waals surface area contributed by atoms with Gasteiger partial charge in [-0.1, -0.05) is 23.7 Å². The fourth-order valence-corrected chi connectivity index (χ4v) is 6.05. The summed E-state index contributed by atoms with van der Waals surface area (Å²) in [4.78, 5) is 6.90. The summed E-state index contributed by atoms with van der Waals surface area (Å²) in [6, 6.07) is 6.48. The zero-order valence-electron chi connectivity index (χ0n) is 14.4. The van der Waals surface area contributed by atoms with Crippen LogP contribution in [-0.2, 0) is 16.4 Å². The van der Waals surface area contributed by atoms with Crippen LogP contribution in [0.1, 0.15) is 5.56 Å². The van der Waals surface area contributed by atoms with Gasteiger partial charge in [-0.25, -0.2) is 17.8 Å². The number of sulfonamides is 1. The van der Waals surface area contributed by atoms with Crippen molar-refractivity contribution in [3.8, 4) is 0 Å². The Bertz CT molecular complexity index is 1040. The molecule has 10 heteroatoms. The molecular formula is C17H18ClFN4O2S2. The van der Waals surface area contributed by atoms with E-state index in [0.717, 1.165) is 18.5 Å². The fraction of sp³-hybridized carbons (Fsp3) is 0.353. The number of thiazole rings is 1. The highest BCUT2D eigenvalue weighted by Crippen LogP contribution is 2.28. The third kappa shape index (κ3) is 3.74. The lowest BCUT2D eigenvalue weighted by Crippen LogP contribution is -2.49. The smallest absolute Gasteiger partial charge is 0.262 e. The molecule has 144 valence electrons. The van der Waals surface area contributed by atoms with E-state index in [0.29, 0.717) is 31.1 Å². The predicted octanol–water partition coefficient (Wildman–Crippen LogP) is 2.74. The van der Waals surface area contributed by atoms with Gasteiger partial charge in [0.05, 0.1) is 0 Å². The molecule has 27 heavy (non-hydrogen) atoms. The number of aromatic nitrogens is 2. The van der Waals surface area contributed by atoms with Crippen molar-refractivity contribution in [2.24, 2.45) is 0 Å². The van der Waals surface area contributed by atoms with Crippen molar-refractivity contribution in [1.82, 2.24) is 18.6 Å². The molecule has 1 aliphatic rings. The van der Waals surface area contributed by atoms with E-state index in [4.69, 9.17) is 11.6 Å². The minimum atomic E-state index is -3.70. The Morgan fingerprint density at radius 2 is 1.85 bits per heavy atom. The van der Waals surface area contributed by atoms with E-state index >= 15 is 0 Å². The third-order valence-corrected chi connectivity index (χ3v) is 7.78. The molecule has 0 aliphatic carbocycles. The van der Waals surface area contributed by atoms with Gasteiger partial charge in [0.1, 0.15) is 5.82 Å². The maximum atomic E-state index is 13.0. The van der Waals surface area contributed by atoms with Crippen LogP contribution in [0.4, 0.5) is 4.39 Å². The largest absolute Gasteiger partial charge is 0.300 e. The first-order valence-corrected chi connectivity index (χ1v) is 11.2. The summed E-state index contributed by atoms with van der Waals surface area (Å²) in [6.45, 7) is 2.90. The van der Waals surface area contributed by atoms with Gasteiger partial charge in [0.2, 0.25) is 0 Å². The zero-order valence-corrected chi connectivity index (χ0v) is 16.8. The number of halogens is 2. The topological polar surface area (TPSA) is 57.9 Å². The molecule has 4 rings (SSSR count). The molecule has 1 aliphatic heterocycles. The molecule has 3 heterocycles. The average molecular weight is 429 g/mol. The second kappa shape index (κ2) is 7.48. The van der Waals surface area contributed by atoms with Gasteiger partial charge in [0, 0.05) is 44.3 Å². The molecule has 0 bridgehead atoms. The van der Waals surface area contributed by atoms with Crippen molar-refractivity contribution in [3.05, 3.63) is 52.4 Å². The summed E-state index contributed by atoms with van der Waals surface area (Å²) in [5.74, 6) is -0.240. The van der Waals surface area contributed by atoms with Gasteiger partial charge < -0.3 is 4.90 Å². The summed E-state index contributed by atoms with van der Waals surface area (Å²) < 4.78 is 42.0. The molecule has 0 N–H and O–H groups in total. The summed E-state index contributed by atoms with van der Waals surface area (Å²) in [6.07, 6.45) is 2.47. The second-order valence-electron chi connectivity index (χ2n) is 6.39. The Balaban J connectivity index is 1.40. The predicted molar refractivity (Wildman–Crippen MR) is 103 cm³/mol. The van der Waals surface area contributed by atoms with Crippen LogP contribution < -0.4 is 0 Å². The van der Waals surface area contributed by atoms with E-state index in [1.54, 1.807) is 23.7 Å². The van der Waals surface area contributed by atoms with Gasteiger partial charge in [-0.05, 0) is 24.1 Å². The summed E-state index contributed by atoms with van der Waals surface area (Å²) in [7, 11) is -3.70. The normalized spacial score (nSPS) is 17.0. The molecule has 3 aromatic rings. The van der Waals surface area contributed by atoms with Crippen LogP contribution in [0.25, 0.3) is 4.96 Å². The van der Waals surface area contributed by atoms with E-state index in [2.05, 4.69) is 9.88 Å². The van der Waals surface area contributed by atoms with Gasteiger partial charge in [0.15, 0.2) is 15.1 Å². The van der Waals surface area contributed by atoms with Crippen LogP contribution in [0, 0.1) is 5.82 Å². The molecule has 1 fully saturated rings. The zero-order chi connectivity index (χ0) is 19.0. The quantitative estimate of drug-likeness (QED) is 0.627. The van der Waals surface area contributed by atoms with Crippen molar-refractivity contribution in [2.45, 2.75) is 11.4 Å². The molecule has 0 amide bonds. The minimum Gasteiger partial charge on any atom is -0.300 e. The molecule has 0 atom stereocenters. The highest BCUT2D eigenvalue weighted by Gasteiger charge is 2.33. The number of benzene rings is 1. The van der Waals surface area contributed by atoms with E-state index in [1.165, 1.54) is 32.2 Å². The van der Waals surface area contributed by atoms with Crippen LogP contribution in [0.3, 0.4) is 0 Å². The van der Waals surface area contributed by atoms with Crippen molar-refractivity contribution < 1.29 is 12.8 Å². The highest BCUT2D eigenvalue weighted by molar-refractivity contribution is 7.89. The maximum absolute atomic E-state index is 13.0. The van der Waals surface area contributed by atoms with Crippen molar-refractivity contribution in [2.75, 3.05) is 32.7 Å². The molecule has 1 saturated heterocycles. The highest BCUT2D eigenvalue weighted by atomic mass is 35.5. The Morgan fingerprint density at radius 3 is 2.56 bits per heavy atom. The fourth-order valence-electron chi connectivity index (χ4n) is 3.22. The number of rotatable bonds is 5. The Kier molecular flexibility index (Phi) is 5.21. The van der Waals surface area contributed by atoms with Crippen LogP contribution in [0.2, 0.25) is 5.15 Å². The standard InChI is InChI=1S/C17H18ClFN4O2S2/c18-15-16(23-11-12-26-17(23)20-15)27(24,25)22-9-7-21(8-10-22)6-5-13-1-3-14(19)4-2-13/h1-4,11-12H,5-10H2. The third-order valence-electron chi connectivity index (χ3n) is 4.72. The van der Waals surface area contributed by atoms with Gasteiger partial charge in [-0.2, -0.15) is 4.31 Å². The lowest BCUT2D eigenvalue weighted by molar-refractivity contribution is 0.190. The van der Waals surface area contributed by atoms with Gasteiger partial charge >= 0.3 is 0 Å². The van der Waals surface area contributed by atoms with Crippen LogP contribution in [0.5, 0.6) is 0 Å². The average Bonchev–Trinajstić information content (AvgIpc) is 3.21. The van der Waals surface area contributed by atoms with Crippen molar-refractivity contribution >= 4 is 37.9 Å². The Labute approximate surface area is 165 Å². The number of imidazole rings is 1. The van der Waals surface area contributed by atoms with E-state index in [-0.39, 0.29) is 16.0 Å². The van der Waals surface area contributed by atoms with E-state index < -0.39 is 10.0 Å². The summed E-state index contributed by atoms with van der Waals surface area (Å²) in [5.41, 5.74) is 1.07. The van der Waals surface area contributed by atoms with Crippen molar-refractivity contribution in [3.63, 3.8) is 0 Å². The Morgan fingerprint density at radius 1 is 1.15 bits per heavy atom. The van der Waals surface area contributed by atoms with Gasteiger partial charge in [-0.3, -0.25) is 4.40 Å². The number of piperazine rings is 1. The maximum Gasteiger partial charge on any atom is 0.262 e. The minimum absolute atomic E-state index is 0.0144. The van der Waals surface area contributed by atoms with Crippen LogP contribution >= 0.6 is 22.9 Å². The van der Waals surface area contributed by atoms with E-state index in [1.807, 2.05) is 0 Å². The first-order valence-electron chi connectivity index (χ1n) is 8.53. The molecule has 0 spiro atoms. The van der Waals surface area contributed by atoms with Gasteiger partial charge in [-0.15, -0.1) is 11.3 Å². The summed E-state index contributed by atoms with van der Waals surface area (Å²) >= 11 is 7.45.